The van der Waals surface area contributed by atoms with Gasteiger partial charge in [-0.25, -0.2) is 19.2 Å². The lowest BCUT2D eigenvalue weighted by molar-refractivity contribution is 0.402. The summed E-state index contributed by atoms with van der Waals surface area (Å²) in [7, 11) is 0. The molecule has 168 valence electrons. The van der Waals surface area contributed by atoms with Crippen LogP contribution in [0.1, 0.15) is 28.3 Å². The van der Waals surface area contributed by atoms with Crippen LogP contribution in [-0.2, 0) is 0 Å². The van der Waals surface area contributed by atoms with Crippen molar-refractivity contribution in [1.82, 2.24) is 34.3 Å². The molecule has 0 bridgehead atoms. The van der Waals surface area contributed by atoms with E-state index < -0.39 is 0 Å². The predicted molar refractivity (Wildman–Crippen MR) is 130 cm³/mol. The Balaban J connectivity index is 1.50. The first kappa shape index (κ1) is 19.6. The Bertz CT molecular complexity index is 1680. The highest BCUT2D eigenvalue weighted by atomic mass is 16.5. The smallest absolute Gasteiger partial charge is 0.230 e. The fourth-order valence-electron chi connectivity index (χ4n) is 4.72. The molecule has 1 unspecified atom stereocenters. The molecular formula is C27H19N7O. The molecule has 6 aromatic rings. The van der Waals surface area contributed by atoms with Gasteiger partial charge in [0.2, 0.25) is 11.8 Å². The van der Waals surface area contributed by atoms with Gasteiger partial charge in [0.15, 0.2) is 11.5 Å². The molecule has 0 radical (unpaired) electrons. The molecule has 35 heavy (non-hydrogen) atoms. The lowest BCUT2D eigenvalue weighted by atomic mass is 9.84. The molecular weight excluding hydrogens is 438 g/mol. The van der Waals surface area contributed by atoms with Crippen molar-refractivity contribution in [1.29, 1.82) is 0 Å². The van der Waals surface area contributed by atoms with Gasteiger partial charge in [-0.15, -0.1) is 5.10 Å². The Morgan fingerprint density at radius 1 is 0.829 bits per heavy atom. The molecule has 0 saturated heterocycles. The molecule has 0 saturated carbocycles. The first-order valence-corrected chi connectivity index (χ1v) is 11.3. The van der Waals surface area contributed by atoms with Crippen LogP contribution >= 0.6 is 0 Å². The maximum absolute atomic E-state index is 6.46. The van der Waals surface area contributed by atoms with Gasteiger partial charge < -0.3 is 4.74 Å². The van der Waals surface area contributed by atoms with E-state index >= 15 is 0 Å². The van der Waals surface area contributed by atoms with Gasteiger partial charge >= 0.3 is 0 Å². The second kappa shape index (κ2) is 7.59. The van der Waals surface area contributed by atoms with Crippen LogP contribution in [0.2, 0.25) is 0 Å². The van der Waals surface area contributed by atoms with Gasteiger partial charge in [0.25, 0.3) is 0 Å². The van der Waals surface area contributed by atoms with Crippen LogP contribution in [0.3, 0.4) is 0 Å². The van der Waals surface area contributed by atoms with Gasteiger partial charge in [-0.05, 0) is 36.8 Å². The number of fused-ring (bicyclic) bond motifs is 4. The summed E-state index contributed by atoms with van der Waals surface area (Å²) in [5, 5.41) is 9.56. The summed E-state index contributed by atoms with van der Waals surface area (Å²) >= 11 is 0. The molecule has 0 amide bonds. The van der Waals surface area contributed by atoms with Crippen LogP contribution in [0.25, 0.3) is 22.7 Å². The summed E-state index contributed by atoms with van der Waals surface area (Å²) in [5.41, 5.74) is 6.38. The molecule has 8 nitrogen and oxygen atoms in total. The average molecular weight is 457 g/mol. The van der Waals surface area contributed by atoms with Crippen LogP contribution in [0, 0.1) is 6.92 Å². The predicted octanol–water partition coefficient (Wildman–Crippen LogP) is 4.97. The fraction of sp³-hybridized carbons (Fsp3) is 0.0741. The molecule has 1 atom stereocenters. The average Bonchev–Trinajstić information content (AvgIpc) is 3.50. The molecule has 5 heterocycles. The summed E-state index contributed by atoms with van der Waals surface area (Å²) in [6, 6.07) is 24.1. The quantitative estimate of drug-likeness (QED) is 0.373. The van der Waals surface area contributed by atoms with Gasteiger partial charge in [-0.2, -0.15) is 5.10 Å². The second-order valence-corrected chi connectivity index (χ2v) is 8.40. The standard InChI is InChI=1S/C27H19N7O/c1-17-21-22(18-8-4-2-5-9-18)23-25-30-24(19-12-14-28-15-13-19)32-33(25)16-29-26(23)35-27(21)34(31-17)20-10-6-3-7-11-20/h2-16,22H,1H3. The van der Waals surface area contributed by atoms with Crippen LogP contribution in [0.5, 0.6) is 11.8 Å². The summed E-state index contributed by atoms with van der Waals surface area (Å²) < 4.78 is 10.0. The maximum atomic E-state index is 6.46. The Kier molecular flexibility index (Phi) is 4.25. The summed E-state index contributed by atoms with van der Waals surface area (Å²) in [6.07, 6.45) is 5.12. The number of aromatic nitrogens is 7. The van der Waals surface area contributed by atoms with Gasteiger partial charge in [0.05, 0.1) is 28.4 Å². The van der Waals surface area contributed by atoms with Crippen LogP contribution < -0.4 is 4.74 Å². The van der Waals surface area contributed by atoms with Crippen molar-refractivity contribution < 1.29 is 4.74 Å². The van der Waals surface area contributed by atoms with Crippen molar-refractivity contribution in [3.63, 3.8) is 0 Å². The van der Waals surface area contributed by atoms with E-state index in [-0.39, 0.29) is 5.92 Å². The monoisotopic (exact) mass is 457 g/mol. The van der Waals surface area contributed by atoms with E-state index in [9.17, 15) is 0 Å². The third kappa shape index (κ3) is 3.03. The van der Waals surface area contributed by atoms with E-state index in [1.807, 2.05) is 72.3 Å². The van der Waals surface area contributed by atoms with Crippen molar-refractivity contribution in [2.45, 2.75) is 12.8 Å². The van der Waals surface area contributed by atoms with Crippen LogP contribution in [-0.4, -0.2) is 34.3 Å². The minimum absolute atomic E-state index is 0.168. The minimum Gasteiger partial charge on any atom is -0.420 e. The molecule has 0 N–H and O–H groups in total. The van der Waals surface area contributed by atoms with Crippen LogP contribution in [0.15, 0.2) is 91.5 Å². The van der Waals surface area contributed by atoms with Gasteiger partial charge in [0, 0.05) is 18.0 Å². The number of para-hydroxylation sites is 1. The van der Waals surface area contributed by atoms with Gasteiger partial charge in [-0.3, -0.25) is 4.98 Å². The highest BCUT2D eigenvalue weighted by Gasteiger charge is 2.38. The first-order valence-electron chi connectivity index (χ1n) is 11.3. The Morgan fingerprint density at radius 3 is 2.34 bits per heavy atom. The zero-order chi connectivity index (χ0) is 23.4. The lowest BCUT2D eigenvalue weighted by Crippen LogP contribution is -2.16. The fourth-order valence-corrected chi connectivity index (χ4v) is 4.72. The number of hydrogen-bond acceptors (Lipinski definition) is 6. The summed E-state index contributed by atoms with van der Waals surface area (Å²) in [6.45, 7) is 2.02. The van der Waals surface area contributed by atoms with E-state index in [0.717, 1.165) is 33.6 Å². The highest BCUT2D eigenvalue weighted by Crippen LogP contribution is 2.49. The number of aryl methyl sites for hydroxylation is 1. The van der Waals surface area contributed by atoms with Crippen molar-refractivity contribution in [3.8, 4) is 28.8 Å². The number of hydrogen-bond donors (Lipinski definition) is 0. The van der Waals surface area contributed by atoms with Gasteiger partial charge in [0.1, 0.15) is 6.33 Å². The molecule has 0 fully saturated rings. The van der Waals surface area contributed by atoms with E-state index in [0.29, 0.717) is 23.2 Å². The van der Waals surface area contributed by atoms with Gasteiger partial charge in [-0.1, -0.05) is 48.5 Å². The SMILES string of the molecule is Cc1nn(-c2ccccc2)c2c1C(c1ccccc1)c1c(ncn3nc(-c4ccncc4)nc13)O2. The molecule has 0 spiro atoms. The van der Waals surface area contributed by atoms with Crippen molar-refractivity contribution in [3.05, 3.63) is 114 Å². The largest absolute Gasteiger partial charge is 0.420 e. The Hall–Kier alpha value is -4.85. The van der Waals surface area contributed by atoms with Crippen molar-refractivity contribution in [2.24, 2.45) is 0 Å². The topological polar surface area (TPSA) is 83.0 Å². The highest BCUT2D eigenvalue weighted by molar-refractivity contribution is 5.68. The summed E-state index contributed by atoms with van der Waals surface area (Å²) in [4.78, 5) is 13.7. The molecule has 2 aromatic carbocycles. The number of benzene rings is 2. The molecule has 4 aromatic heterocycles. The minimum atomic E-state index is -0.168. The third-order valence-electron chi connectivity index (χ3n) is 6.29. The Morgan fingerprint density at radius 2 is 1.57 bits per heavy atom. The van der Waals surface area contributed by atoms with E-state index in [1.165, 1.54) is 0 Å². The molecule has 1 aliphatic heterocycles. The van der Waals surface area contributed by atoms with E-state index in [2.05, 4.69) is 27.2 Å². The zero-order valence-electron chi connectivity index (χ0n) is 18.8. The van der Waals surface area contributed by atoms with E-state index in [4.69, 9.17) is 14.8 Å². The van der Waals surface area contributed by atoms with E-state index in [1.54, 1.807) is 23.2 Å². The first-order chi connectivity index (χ1) is 17.3. The number of nitrogens with zero attached hydrogens (tertiary/aromatic N) is 7. The van der Waals surface area contributed by atoms with Crippen molar-refractivity contribution >= 4 is 5.65 Å². The molecule has 8 heteroatoms. The van der Waals surface area contributed by atoms with Crippen molar-refractivity contribution in [2.75, 3.05) is 0 Å². The number of rotatable bonds is 3. The Labute approximate surface area is 200 Å². The summed E-state index contributed by atoms with van der Waals surface area (Å²) in [5.74, 6) is 1.61. The zero-order valence-corrected chi connectivity index (χ0v) is 18.8. The second-order valence-electron chi connectivity index (χ2n) is 8.40. The molecule has 7 rings (SSSR count). The van der Waals surface area contributed by atoms with Crippen LogP contribution in [0.4, 0.5) is 0 Å². The number of pyridine rings is 1. The third-order valence-corrected chi connectivity index (χ3v) is 6.29. The number of ether oxygens (including phenoxy) is 1. The molecule has 0 aliphatic carbocycles. The maximum Gasteiger partial charge on any atom is 0.230 e. The normalized spacial score (nSPS) is 14.4. The lowest BCUT2D eigenvalue weighted by Gasteiger charge is -2.26. The molecule has 1 aliphatic rings.